The van der Waals surface area contributed by atoms with Crippen LogP contribution in [0.1, 0.15) is 30.1 Å². The molecule has 7 heteroatoms. The first-order valence-corrected chi connectivity index (χ1v) is 6.81. The molecule has 1 aromatic rings. The summed E-state index contributed by atoms with van der Waals surface area (Å²) in [6.45, 7) is 2.52. The monoisotopic (exact) mass is 296 g/mol. The Labute approximate surface area is 121 Å². The van der Waals surface area contributed by atoms with E-state index in [9.17, 15) is 24.4 Å². The van der Waals surface area contributed by atoms with E-state index < -0.39 is 22.8 Å². The van der Waals surface area contributed by atoms with Gasteiger partial charge in [0.05, 0.1) is 11.0 Å². The fourth-order valence-corrected chi connectivity index (χ4v) is 2.59. The number of aliphatic hydroxyl groups is 1. The van der Waals surface area contributed by atoms with Gasteiger partial charge in [0.15, 0.2) is 0 Å². The van der Waals surface area contributed by atoms with Gasteiger partial charge in [-0.3, -0.25) is 14.9 Å². The molecule has 1 atom stereocenters. The zero-order chi connectivity index (χ0) is 15.6. The topological polar surface area (TPSA) is 83.7 Å². The van der Waals surface area contributed by atoms with E-state index in [0.717, 1.165) is 18.2 Å². The minimum atomic E-state index is -0.685. The van der Waals surface area contributed by atoms with E-state index in [0.29, 0.717) is 25.9 Å². The molecule has 1 saturated heterocycles. The molecule has 6 nitrogen and oxygen atoms in total. The Bertz CT molecular complexity index is 554. The number of piperidine rings is 1. The van der Waals surface area contributed by atoms with Crippen molar-refractivity contribution in [2.45, 2.75) is 25.9 Å². The summed E-state index contributed by atoms with van der Waals surface area (Å²) >= 11 is 0. The number of rotatable bonds is 3. The van der Waals surface area contributed by atoms with Gasteiger partial charge in [-0.25, -0.2) is 4.39 Å². The first kappa shape index (κ1) is 15.4. The molecule has 0 spiro atoms. The molecule has 1 unspecified atom stereocenters. The van der Waals surface area contributed by atoms with E-state index in [1.54, 1.807) is 6.92 Å². The molecule has 0 aliphatic carbocycles. The number of amides is 1. The summed E-state index contributed by atoms with van der Waals surface area (Å²) in [6, 6.07) is 2.88. The molecule has 0 aromatic heterocycles. The van der Waals surface area contributed by atoms with Gasteiger partial charge >= 0.3 is 0 Å². The van der Waals surface area contributed by atoms with Gasteiger partial charge in [-0.1, -0.05) is 0 Å². The van der Waals surface area contributed by atoms with Crippen molar-refractivity contribution < 1.29 is 19.2 Å². The van der Waals surface area contributed by atoms with Crippen LogP contribution in [0.3, 0.4) is 0 Å². The summed E-state index contributed by atoms with van der Waals surface area (Å²) < 4.78 is 13.3. The third-order valence-electron chi connectivity index (χ3n) is 3.89. The summed E-state index contributed by atoms with van der Waals surface area (Å²) in [5, 5.41) is 20.5. The highest BCUT2D eigenvalue weighted by atomic mass is 19.1. The van der Waals surface area contributed by atoms with Gasteiger partial charge in [-0.15, -0.1) is 0 Å². The normalized spacial score (nSPS) is 17.6. The molecule has 0 bridgehead atoms. The molecule has 0 saturated carbocycles. The number of nitrogens with zero attached hydrogens (tertiary/aromatic N) is 2. The molecule has 21 heavy (non-hydrogen) atoms. The molecule has 1 aromatic carbocycles. The zero-order valence-electron chi connectivity index (χ0n) is 11.7. The Morgan fingerprint density at radius 1 is 1.48 bits per heavy atom. The predicted octanol–water partition coefficient (Wildman–Crippen LogP) is 1.97. The Kier molecular flexibility index (Phi) is 4.52. The highest BCUT2D eigenvalue weighted by Gasteiger charge is 2.29. The summed E-state index contributed by atoms with van der Waals surface area (Å²) in [5.74, 6) is -1.09. The number of nitro groups is 1. The summed E-state index contributed by atoms with van der Waals surface area (Å²) in [7, 11) is 0. The lowest BCUT2D eigenvalue weighted by molar-refractivity contribution is -0.385. The molecular formula is C14H17FN2O4. The minimum Gasteiger partial charge on any atom is -0.393 e. The zero-order valence-corrected chi connectivity index (χ0v) is 11.7. The average molecular weight is 296 g/mol. The number of carbonyl (C=O) groups excluding carboxylic acids is 1. The van der Waals surface area contributed by atoms with Crippen LogP contribution in [0.25, 0.3) is 0 Å². The van der Waals surface area contributed by atoms with Crippen molar-refractivity contribution >= 4 is 11.6 Å². The van der Waals surface area contributed by atoms with Crippen LogP contribution in [0.4, 0.5) is 10.1 Å². The number of aliphatic hydroxyl groups excluding tert-OH is 1. The van der Waals surface area contributed by atoms with Gasteiger partial charge in [0, 0.05) is 19.2 Å². The van der Waals surface area contributed by atoms with Crippen LogP contribution in [0.2, 0.25) is 0 Å². The molecule has 2 rings (SSSR count). The number of nitro benzene ring substituents is 1. The number of hydrogen-bond acceptors (Lipinski definition) is 4. The first-order valence-electron chi connectivity index (χ1n) is 6.81. The molecule has 1 aliphatic heterocycles. The largest absolute Gasteiger partial charge is 0.393 e. The van der Waals surface area contributed by atoms with Gasteiger partial charge < -0.3 is 10.0 Å². The number of halogens is 1. The smallest absolute Gasteiger partial charge is 0.282 e. The van der Waals surface area contributed by atoms with Crippen LogP contribution in [-0.2, 0) is 0 Å². The van der Waals surface area contributed by atoms with Crippen LogP contribution in [0.15, 0.2) is 18.2 Å². The second-order valence-electron chi connectivity index (χ2n) is 5.29. The van der Waals surface area contributed by atoms with Crippen molar-refractivity contribution in [1.82, 2.24) is 4.90 Å². The summed E-state index contributed by atoms with van der Waals surface area (Å²) in [6.07, 6.45) is 0.824. The number of likely N-dealkylation sites (tertiary alicyclic amines) is 1. The van der Waals surface area contributed by atoms with Crippen molar-refractivity contribution in [3.63, 3.8) is 0 Å². The predicted molar refractivity (Wildman–Crippen MR) is 73.4 cm³/mol. The van der Waals surface area contributed by atoms with E-state index in [1.165, 1.54) is 4.90 Å². The van der Waals surface area contributed by atoms with Gasteiger partial charge in [0.2, 0.25) is 0 Å². The van der Waals surface area contributed by atoms with Crippen LogP contribution < -0.4 is 0 Å². The molecule has 1 N–H and O–H groups in total. The molecule has 1 fully saturated rings. The summed E-state index contributed by atoms with van der Waals surface area (Å²) in [5.41, 5.74) is -0.616. The number of carbonyl (C=O) groups is 1. The van der Waals surface area contributed by atoms with Crippen LogP contribution in [0, 0.1) is 21.8 Å². The first-order chi connectivity index (χ1) is 9.90. The Morgan fingerprint density at radius 3 is 2.62 bits per heavy atom. The SMILES string of the molecule is CC(O)C1CCN(C(=O)c2cc(F)ccc2[N+](=O)[O-])CC1. The van der Waals surface area contributed by atoms with E-state index >= 15 is 0 Å². The van der Waals surface area contributed by atoms with E-state index in [1.807, 2.05) is 0 Å². The fraction of sp³-hybridized carbons (Fsp3) is 0.500. The van der Waals surface area contributed by atoms with Gasteiger partial charge in [0.1, 0.15) is 11.4 Å². The quantitative estimate of drug-likeness (QED) is 0.682. The maximum absolute atomic E-state index is 13.3. The molecule has 1 aliphatic rings. The third kappa shape index (κ3) is 3.36. The maximum Gasteiger partial charge on any atom is 0.282 e. The standard InChI is InChI=1S/C14H17FN2O4/c1-9(18)10-4-6-16(7-5-10)14(19)12-8-11(15)2-3-13(12)17(20)21/h2-3,8-10,18H,4-7H2,1H3. The Balaban J connectivity index is 2.18. The van der Waals surface area contributed by atoms with Crippen molar-refractivity contribution in [3.8, 4) is 0 Å². The highest BCUT2D eigenvalue weighted by Crippen LogP contribution is 2.25. The second kappa shape index (κ2) is 6.17. The van der Waals surface area contributed by atoms with Gasteiger partial charge in [-0.2, -0.15) is 0 Å². The fourth-order valence-electron chi connectivity index (χ4n) is 2.59. The molecule has 1 amide bonds. The highest BCUT2D eigenvalue weighted by molar-refractivity contribution is 5.98. The van der Waals surface area contributed by atoms with Gasteiger partial charge in [0.25, 0.3) is 11.6 Å². The maximum atomic E-state index is 13.3. The molecule has 0 radical (unpaired) electrons. The van der Waals surface area contributed by atoms with Crippen LogP contribution in [-0.4, -0.2) is 40.0 Å². The van der Waals surface area contributed by atoms with Crippen molar-refractivity contribution in [2.75, 3.05) is 13.1 Å². The molecule has 114 valence electrons. The van der Waals surface area contributed by atoms with E-state index in [2.05, 4.69) is 0 Å². The lowest BCUT2D eigenvalue weighted by atomic mass is 9.92. The Hall–Kier alpha value is -2.02. The second-order valence-corrected chi connectivity index (χ2v) is 5.29. The van der Waals surface area contributed by atoms with Crippen molar-refractivity contribution in [3.05, 3.63) is 39.7 Å². The third-order valence-corrected chi connectivity index (χ3v) is 3.89. The molecule has 1 heterocycles. The van der Waals surface area contributed by atoms with Crippen LogP contribution >= 0.6 is 0 Å². The lowest BCUT2D eigenvalue weighted by Crippen LogP contribution is -2.41. The van der Waals surface area contributed by atoms with Crippen molar-refractivity contribution in [1.29, 1.82) is 0 Å². The number of benzene rings is 1. The van der Waals surface area contributed by atoms with Crippen LogP contribution in [0.5, 0.6) is 0 Å². The lowest BCUT2D eigenvalue weighted by Gasteiger charge is -2.33. The molecular weight excluding hydrogens is 279 g/mol. The minimum absolute atomic E-state index is 0.122. The summed E-state index contributed by atoms with van der Waals surface area (Å²) in [4.78, 5) is 24.1. The van der Waals surface area contributed by atoms with E-state index in [4.69, 9.17) is 0 Å². The number of hydrogen-bond donors (Lipinski definition) is 1. The van der Waals surface area contributed by atoms with Gasteiger partial charge in [-0.05, 0) is 37.8 Å². The average Bonchev–Trinajstić information content (AvgIpc) is 2.46. The van der Waals surface area contributed by atoms with Crippen molar-refractivity contribution in [2.24, 2.45) is 5.92 Å². The Morgan fingerprint density at radius 2 is 2.10 bits per heavy atom. The van der Waals surface area contributed by atoms with E-state index in [-0.39, 0.29) is 17.2 Å².